The molecule has 1 amide bonds. The first-order chi connectivity index (χ1) is 8.68. The highest BCUT2D eigenvalue weighted by Crippen LogP contribution is 2.28. The van der Waals surface area contributed by atoms with E-state index in [-0.39, 0.29) is 6.54 Å². The Hall–Kier alpha value is -1.91. The summed E-state index contributed by atoms with van der Waals surface area (Å²) in [5.41, 5.74) is 8.54. The van der Waals surface area contributed by atoms with Gasteiger partial charge in [0.2, 0.25) is 0 Å². The van der Waals surface area contributed by atoms with Crippen molar-refractivity contribution in [2.75, 3.05) is 23.7 Å². The number of carboxylic acid groups (broad SMARTS) is 1. The van der Waals surface area contributed by atoms with Gasteiger partial charge in [-0.1, -0.05) is 6.07 Å². The van der Waals surface area contributed by atoms with Gasteiger partial charge in [0.1, 0.15) is 0 Å². The maximum Gasteiger partial charge on any atom is 0.404 e. The molecule has 2 rings (SSSR count). The van der Waals surface area contributed by atoms with Crippen molar-refractivity contribution >= 4 is 17.5 Å². The largest absolute Gasteiger partial charge is 0.465 e. The van der Waals surface area contributed by atoms with Gasteiger partial charge >= 0.3 is 6.09 Å². The van der Waals surface area contributed by atoms with Crippen molar-refractivity contribution in [2.24, 2.45) is 0 Å². The highest BCUT2D eigenvalue weighted by Gasteiger charge is 2.16. The van der Waals surface area contributed by atoms with Crippen molar-refractivity contribution in [3.8, 4) is 0 Å². The zero-order valence-electron chi connectivity index (χ0n) is 10.4. The summed E-state index contributed by atoms with van der Waals surface area (Å²) in [6.07, 6.45) is 2.60. The molecule has 98 valence electrons. The highest BCUT2D eigenvalue weighted by molar-refractivity contribution is 5.68. The summed E-state index contributed by atoms with van der Waals surface area (Å²) >= 11 is 0. The van der Waals surface area contributed by atoms with E-state index < -0.39 is 6.09 Å². The second-order valence-electron chi connectivity index (χ2n) is 4.55. The Morgan fingerprint density at radius 2 is 2.06 bits per heavy atom. The quantitative estimate of drug-likeness (QED) is 0.716. The number of nitrogen functional groups attached to an aromatic ring is 1. The van der Waals surface area contributed by atoms with Crippen molar-refractivity contribution in [1.29, 1.82) is 0 Å². The smallest absolute Gasteiger partial charge is 0.404 e. The summed E-state index contributed by atoms with van der Waals surface area (Å²) in [6, 6.07) is 5.75. The SMILES string of the molecule is Nc1cccc(N2CCCCC2)c1CNC(=O)O. The van der Waals surface area contributed by atoms with Gasteiger partial charge in [0.05, 0.1) is 6.54 Å². The van der Waals surface area contributed by atoms with Crippen LogP contribution in [-0.2, 0) is 6.54 Å². The van der Waals surface area contributed by atoms with Gasteiger partial charge in [-0.05, 0) is 31.4 Å². The Balaban J connectivity index is 2.21. The summed E-state index contributed by atoms with van der Waals surface area (Å²) in [5.74, 6) is 0. The lowest BCUT2D eigenvalue weighted by molar-refractivity contribution is 0.194. The Bertz CT molecular complexity index is 428. The maximum absolute atomic E-state index is 10.6. The number of piperidine rings is 1. The van der Waals surface area contributed by atoms with Crippen LogP contribution in [0.5, 0.6) is 0 Å². The summed E-state index contributed by atoms with van der Waals surface area (Å²) < 4.78 is 0. The minimum atomic E-state index is -1.03. The molecule has 1 aliphatic rings. The molecule has 5 heteroatoms. The predicted octanol–water partition coefficient (Wildman–Crippen LogP) is 2.03. The van der Waals surface area contributed by atoms with E-state index in [2.05, 4.69) is 10.2 Å². The molecule has 0 aromatic heterocycles. The van der Waals surface area contributed by atoms with Gasteiger partial charge < -0.3 is 21.1 Å². The molecule has 0 atom stereocenters. The third-order valence-corrected chi connectivity index (χ3v) is 3.30. The van der Waals surface area contributed by atoms with E-state index in [1.54, 1.807) is 0 Å². The lowest BCUT2D eigenvalue weighted by atomic mass is 10.1. The normalized spacial score (nSPS) is 15.4. The Morgan fingerprint density at radius 3 is 2.72 bits per heavy atom. The van der Waals surface area contributed by atoms with Crippen LogP contribution in [0.25, 0.3) is 0 Å². The average molecular weight is 249 g/mol. The van der Waals surface area contributed by atoms with Crippen LogP contribution in [0.3, 0.4) is 0 Å². The molecule has 0 unspecified atom stereocenters. The molecule has 1 aromatic carbocycles. The molecule has 0 spiro atoms. The molecule has 1 fully saturated rings. The van der Waals surface area contributed by atoms with Crippen LogP contribution in [0, 0.1) is 0 Å². The predicted molar refractivity (Wildman–Crippen MR) is 71.8 cm³/mol. The maximum atomic E-state index is 10.6. The van der Waals surface area contributed by atoms with Crippen LogP contribution in [-0.4, -0.2) is 24.3 Å². The Labute approximate surface area is 107 Å². The third kappa shape index (κ3) is 2.85. The summed E-state index contributed by atoms with van der Waals surface area (Å²) in [4.78, 5) is 12.9. The molecule has 1 aliphatic heterocycles. The van der Waals surface area contributed by atoms with Crippen LogP contribution in [0.4, 0.5) is 16.2 Å². The van der Waals surface area contributed by atoms with Crippen molar-refractivity contribution < 1.29 is 9.90 Å². The van der Waals surface area contributed by atoms with Crippen molar-refractivity contribution in [1.82, 2.24) is 5.32 Å². The minimum absolute atomic E-state index is 0.258. The third-order valence-electron chi connectivity index (χ3n) is 3.30. The van der Waals surface area contributed by atoms with E-state index >= 15 is 0 Å². The van der Waals surface area contributed by atoms with Crippen molar-refractivity contribution in [3.63, 3.8) is 0 Å². The molecule has 0 saturated carbocycles. The number of rotatable bonds is 3. The van der Waals surface area contributed by atoms with Crippen LogP contribution >= 0.6 is 0 Å². The van der Waals surface area contributed by atoms with Gasteiger partial charge in [-0.15, -0.1) is 0 Å². The number of hydrogen-bond donors (Lipinski definition) is 3. The van der Waals surface area contributed by atoms with E-state index in [0.29, 0.717) is 5.69 Å². The lowest BCUT2D eigenvalue weighted by Crippen LogP contribution is -2.31. The van der Waals surface area contributed by atoms with Gasteiger partial charge in [-0.2, -0.15) is 0 Å². The number of nitrogens with one attached hydrogen (secondary N) is 1. The molecule has 18 heavy (non-hydrogen) atoms. The molecule has 0 bridgehead atoms. The molecule has 0 aliphatic carbocycles. The monoisotopic (exact) mass is 249 g/mol. The van der Waals surface area contributed by atoms with Gasteiger partial charge in [-0.3, -0.25) is 0 Å². The van der Waals surface area contributed by atoms with Crippen LogP contribution in [0.1, 0.15) is 24.8 Å². The summed E-state index contributed by atoms with van der Waals surface area (Å²) in [5, 5.41) is 11.1. The second kappa shape index (κ2) is 5.62. The Kier molecular flexibility index (Phi) is 3.92. The first kappa shape index (κ1) is 12.5. The fourth-order valence-corrected chi connectivity index (χ4v) is 2.38. The number of hydrogen-bond acceptors (Lipinski definition) is 3. The van der Waals surface area contributed by atoms with Crippen molar-refractivity contribution in [3.05, 3.63) is 23.8 Å². The topological polar surface area (TPSA) is 78.6 Å². The molecule has 1 saturated heterocycles. The second-order valence-corrected chi connectivity index (χ2v) is 4.55. The Morgan fingerprint density at radius 1 is 1.33 bits per heavy atom. The van der Waals surface area contributed by atoms with Crippen LogP contribution in [0.15, 0.2) is 18.2 Å². The molecular formula is C13H19N3O2. The van der Waals surface area contributed by atoms with E-state index in [1.807, 2.05) is 18.2 Å². The number of nitrogens with zero attached hydrogens (tertiary/aromatic N) is 1. The molecule has 1 aromatic rings. The molecule has 0 radical (unpaired) electrons. The standard InChI is InChI=1S/C13H19N3O2/c14-11-5-4-6-12(10(11)9-15-13(17)18)16-7-2-1-3-8-16/h4-6,15H,1-3,7-9,14H2,(H,17,18). The van der Waals surface area contributed by atoms with Gasteiger partial charge in [0.25, 0.3) is 0 Å². The van der Waals surface area contributed by atoms with Gasteiger partial charge in [-0.25, -0.2) is 4.79 Å². The first-order valence-corrected chi connectivity index (χ1v) is 6.27. The minimum Gasteiger partial charge on any atom is -0.465 e. The summed E-state index contributed by atoms with van der Waals surface area (Å²) in [7, 11) is 0. The highest BCUT2D eigenvalue weighted by atomic mass is 16.4. The molecular weight excluding hydrogens is 230 g/mol. The van der Waals surface area contributed by atoms with Crippen LogP contribution < -0.4 is 16.0 Å². The van der Waals surface area contributed by atoms with Crippen LogP contribution in [0.2, 0.25) is 0 Å². The molecule has 5 nitrogen and oxygen atoms in total. The number of nitrogens with two attached hydrogens (primary N) is 1. The zero-order chi connectivity index (χ0) is 13.0. The van der Waals surface area contributed by atoms with Crippen molar-refractivity contribution in [2.45, 2.75) is 25.8 Å². The summed E-state index contributed by atoms with van der Waals surface area (Å²) in [6.45, 7) is 2.29. The molecule has 4 N–H and O–H groups in total. The number of carbonyl (C=O) groups is 1. The van der Waals surface area contributed by atoms with E-state index in [4.69, 9.17) is 10.8 Å². The molecule has 1 heterocycles. The fraction of sp³-hybridized carbons (Fsp3) is 0.462. The zero-order valence-corrected chi connectivity index (χ0v) is 10.4. The fourth-order valence-electron chi connectivity index (χ4n) is 2.38. The first-order valence-electron chi connectivity index (χ1n) is 6.27. The number of benzene rings is 1. The van der Waals surface area contributed by atoms with E-state index in [9.17, 15) is 4.79 Å². The van der Waals surface area contributed by atoms with Gasteiger partial charge in [0.15, 0.2) is 0 Å². The lowest BCUT2D eigenvalue weighted by Gasteiger charge is -2.31. The van der Waals surface area contributed by atoms with E-state index in [1.165, 1.54) is 19.3 Å². The van der Waals surface area contributed by atoms with E-state index in [0.717, 1.165) is 24.3 Å². The van der Waals surface area contributed by atoms with Gasteiger partial charge in [0, 0.05) is 30.0 Å². The number of amides is 1. The average Bonchev–Trinajstić information content (AvgIpc) is 2.38. The number of anilines is 2.